The van der Waals surface area contributed by atoms with Crippen molar-refractivity contribution >= 4 is 11.9 Å². The number of benzene rings is 1. The Morgan fingerprint density at radius 3 is 2.80 bits per heavy atom. The Kier molecular flexibility index (Phi) is 3.42. The number of nitrogens with zero attached hydrogens (tertiary/aromatic N) is 1. The number of hydrogen-bond acceptors (Lipinski definition) is 5. The lowest BCUT2D eigenvalue weighted by molar-refractivity contribution is -0.173. The van der Waals surface area contributed by atoms with Crippen molar-refractivity contribution in [1.29, 1.82) is 0 Å². The summed E-state index contributed by atoms with van der Waals surface area (Å²) < 4.78 is 15.4. The second-order valence-electron chi connectivity index (χ2n) is 4.79. The van der Waals surface area contributed by atoms with Gasteiger partial charge in [0.05, 0.1) is 13.7 Å². The Morgan fingerprint density at radius 2 is 2.10 bits per heavy atom. The molecule has 106 valence electrons. The number of methoxy groups -OCH3 is 1. The molecule has 2 fully saturated rings. The maximum absolute atomic E-state index is 12.2. The molecule has 0 saturated carbocycles. The summed E-state index contributed by atoms with van der Waals surface area (Å²) in [5.41, 5.74) is 1.02. The molecule has 6 heteroatoms. The first-order valence-electron chi connectivity index (χ1n) is 6.40. The van der Waals surface area contributed by atoms with Gasteiger partial charge in [-0.05, 0) is 5.56 Å². The van der Waals surface area contributed by atoms with Crippen molar-refractivity contribution in [2.75, 3.05) is 13.7 Å². The van der Waals surface area contributed by atoms with Gasteiger partial charge < -0.3 is 19.1 Å². The van der Waals surface area contributed by atoms with E-state index in [0.717, 1.165) is 5.56 Å². The zero-order valence-electron chi connectivity index (χ0n) is 11.0. The lowest BCUT2D eigenvalue weighted by atomic mass is 10.1. The predicted molar refractivity (Wildman–Crippen MR) is 67.4 cm³/mol. The first-order chi connectivity index (χ1) is 9.69. The molecule has 1 aromatic rings. The number of amides is 1. The van der Waals surface area contributed by atoms with Crippen LogP contribution in [0.25, 0.3) is 0 Å². The molecule has 3 atom stereocenters. The highest BCUT2D eigenvalue weighted by molar-refractivity contribution is 5.83. The zero-order valence-corrected chi connectivity index (χ0v) is 11.0. The standard InChI is InChI=1S/C14H15NO5/c1-18-13(17)11-10-8-15(12(16)14(19-10)20-11)7-9-5-3-2-4-6-9/h2-6,10-11,14H,7-8H2,1H3/t10-,11-,14+/m1/s1. The quantitative estimate of drug-likeness (QED) is 0.744. The first kappa shape index (κ1) is 13.1. The van der Waals surface area contributed by atoms with Gasteiger partial charge in [-0.15, -0.1) is 0 Å². The van der Waals surface area contributed by atoms with Crippen LogP contribution in [0.15, 0.2) is 30.3 Å². The van der Waals surface area contributed by atoms with Gasteiger partial charge >= 0.3 is 5.97 Å². The maximum Gasteiger partial charge on any atom is 0.337 e. The molecule has 0 aliphatic carbocycles. The molecule has 2 aliphatic heterocycles. The SMILES string of the molecule is COC(=O)[C@@H]1O[C@@H]2O[C@@H]1CN(Cc1ccccc1)C2=O. The van der Waals surface area contributed by atoms with Gasteiger partial charge in [0, 0.05) is 6.54 Å². The fourth-order valence-corrected chi connectivity index (χ4v) is 2.46. The number of fused-ring (bicyclic) bond motifs is 2. The maximum atomic E-state index is 12.2. The Balaban J connectivity index is 1.73. The lowest BCUT2D eigenvalue weighted by Gasteiger charge is -2.30. The van der Waals surface area contributed by atoms with Crippen LogP contribution in [0.2, 0.25) is 0 Å². The largest absolute Gasteiger partial charge is 0.467 e. The molecule has 0 N–H and O–H groups in total. The van der Waals surface area contributed by atoms with E-state index in [1.165, 1.54) is 7.11 Å². The average molecular weight is 277 g/mol. The van der Waals surface area contributed by atoms with Crippen LogP contribution in [-0.2, 0) is 30.3 Å². The van der Waals surface area contributed by atoms with E-state index in [-0.39, 0.29) is 5.91 Å². The highest BCUT2D eigenvalue weighted by Crippen LogP contribution is 2.28. The number of morpholine rings is 1. The smallest absolute Gasteiger partial charge is 0.337 e. The van der Waals surface area contributed by atoms with Gasteiger partial charge in [-0.3, -0.25) is 4.79 Å². The Hall–Kier alpha value is -1.92. The van der Waals surface area contributed by atoms with Gasteiger partial charge in [0.15, 0.2) is 6.10 Å². The lowest BCUT2D eigenvalue weighted by Crippen LogP contribution is -2.48. The summed E-state index contributed by atoms with van der Waals surface area (Å²) in [5.74, 6) is -0.761. The van der Waals surface area contributed by atoms with Crippen LogP contribution in [0.3, 0.4) is 0 Å². The third kappa shape index (κ3) is 2.28. The summed E-state index contributed by atoms with van der Waals surface area (Å²) >= 11 is 0. The van der Waals surface area contributed by atoms with Gasteiger partial charge in [-0.25, -0.2) is 4.79 Å². The molecule has 20 heavy (non-hydrogen) atoms. The molecule has 0 aromatic heterocycles. The summed E-state index contributed by atoms with van der Waals surface area (Å²) in [6.07, 6.45) is -2.29. The zero-order chi connectivity index (χ0) is 14.1. The molecular weight excluding hydrogens is 262 g/mol. The van der Waals surface area contributed by atoms with Gasteiger partial charge in [0.1, 0.15) is 6.10 Å². The van der Waals surface area contributed by atoms with Crippen LogP contribution in [-0.4, -0.2) is 48.9 Å². The molecule has 1 aromatic carbocycles. The number of ether oxygens (including phenoxy) is 3. The van der Waals surface area contributed by atoms with Crippen molar-refractivity contribution in [2.24, 2.45) is 0 Å². The van der Waals surface area contributed by atoms with E-state index in [4.69, 9.17) is 9.47 Å². The van der Waals surface area contributed by atoms with Crippen molar-refractivity contribution < 1.29 is 23.8 Å². The van der Waals surface area contributed by atoms with E-state index in [2.05, 4.69) is 4.74 Å². The fourth-order valence-electron chi connectivity index (χ4n) is 2.46. The summed E-state index contributed by atoms with van der Waals surface area (Å²) in [5, 5.41) is 0. The number of rotatable bonds is 3. The Labute approximate surface area is 116 Å². The molecular formula is C14H15NO5. The van der Waals surface area contributed by atoms with Gasteiger partial charge in [-0.2, -0.15) is 0 Å². The normalized spacial score (nSPS) is 28.6. The molecule has 1 amide bonds. The minimum absolute atomic E-state index is 0.253. The van der Waals surface area contributed by atoms with E-state index >= 15 is 0 Å². The van der Waals surface area contributed by atoms with Crippen molar-refractivity contribution in [1.82, 2.24) is 4.90 Å². The van der Waals surface area contributed by atoms with E-state index < -0.39 is 24.5 Å². The number of carbonyl (C=O) groups is 2. The monoisotopic (exact) mass is 277 g/mol. The van der Waals surface area contributed by atoms with Crippen LogP contribution in [0.5, 0.6) is 0 Å². The number of hydrogen-bond donors (Lipinski definition) is 0. The van der Waals surface area contributed by atoms with Crippen molar-refractivity contribution in [3.05, 3.63) is 35.9 Å². The number of esters is 1. The van der Waals surface area contributed by atoms with Crippen LogP contribution >= 0.6 is 0 Å². The van der Waals surface area contributed by atoms with Crippen molar-refractivity contribution in [3.63, 3.8) is 0 Å². The summed E-state index contributed by atoms with van der Waals surface area (Å²) in [6, 6.07) is 9.66. The fraction of sp³-hybridized carbons (Fsp3) is 0.429. The molecule has 2 aliphatic rings. The number of carbonyl (C=O) groups excluding carboxylic acids is 2. The summed E-state index contributed by atoms with van der Waals surface area (Å²) in [6.45, 7) is 0.803. The highest BCUT2D eigenvalue weighted by atomic mass is 16.8. The molecule has 2 bridgehead atoms. The average Bonchev–Trinajstić information content (AvgIpc) is 2.84. The van der Waals surface area contributed by atoms with Gasteiger partial charge in [-0.1, -0.05) is 30.3 Å². The molecule has 6 nitrogen and oxygen atoms in total. The molecule has 0 spiro atoms. The highest BCUT2D eigenvalue weighted by Gasteiger charge is 2.50. The molecule has 2 heterocycles. The molecule has 0 unspecified atom stereocenters. The predicted octanol–water partition coefficient (Wildman–Crippen LogP) is 0.312. The molecule has 2 saturated heterocycles. The Morgan fingerprint density at radius 1 is 1.35 bits per heavy atom. The third-order valence-corrected chi connectivity index (χ3v) is 3.47. The van der Waals surface area contributed by atoms with Crippen molar-refractivity contribution in [3.8, 4) is 0 Å². The second-order valence-corrected chi connectivity index (χ2v) is 4.79. The minimum atomic E-state index is -0.999. The summed E-state index contributed by atoms with van der Waals surface area (Å²) in [7, 11) is 1.29. The van der Waals surface area contributed by atoms with E-state index in [1.54, 1.807) is 4.90 Å². The Bertz CT molecular complexity index is 518. The van der Waals surface area contributed by atoms with Gasteiger partial charge in [0.2, 0.25) is 6.29 Å². The molecule has 0 radical (unpaired) electrons. The van der Waals surface area contributed by atoms with E-state index in [9.17, 15) is 9.59 Å². The van der Waals surface area contributed by atoms with Crippen molar-refractivity contribution in [2.45, 2.75) is 25.0 Å². The van der Waals surface area contributed by atoms with E-state index in [0.29, 0.717) is 13.1 Å². The van der Waals surface area contributed by atoms with E-state index in [1.807, 2.05) is 30.3 Å². The van der Waals surface area contributed by atoms with Crippen LogP contribution < -0.4 is 0 Å². The topological polar surface area (TPSA) is 65.1 Å². The van der Waals surface area contributed by atoms with Crippen LogP contribution in [0.4, 0.5) is 0 Å². The molecule has 3 rings (SSSR count). The van der Waals surface area contributed by atoms with Crippen LogP contribution in [0.1, 0.15) is 5.56 Å². The second kappa shape index (κ2) is 5.22. The van der Waals surface area contributed by atoms with Crippen LogP contribution in [0, 0.1) is 0 Å². The first-order valence-corrected chi connectivity index (χ1v) is 6.40. The van der Waals surface area contributed by atoms with Gasteiger partial charge in [0.25, 0.3) is 5.91 Å². The minimum Gasteiger partial charge on any atom is -0.467 e. The summed E-state index contributed by atoms with van der Waals surface area (Å²) in [4.78, 5) is 25.4. The third-order valence-electron chi connectivity index (χ3n) is 3.47.